The van der Waals surface area contributed by atoms with Crippen LogP contribution in [0.2, 0.25) is 0 Å². The third-order valence-electron chi connectivity index (χ3n) is 6.21. The summed E-state index contributed by atoms with van der Waals surface area (Å²) in [4.78, 5) is 30.1. The maximum absolute atomic E-state index is 13.3. The first kappa shape index (κ1) is 20.4. The number of alkyl halides is 1. The number of rotatable bonds is 6. The van der Waals surface area contributed by atoms with Gasteiger partial charge < -0.3 is 25.6 Å². The molecule has 0 aliphatic heterocycles. The molecule has 32 heavy (non-hydrogen) atoms. The Morgan fingerprint density at radius 2 is 2.12 bits per heavy atom. The molecule has 1 amide bonds. The fraction of sp³-hybridized carbons (Fsp3) is 0.429. The van der Waals surface area contributed by atoms with Crippen molar-refractivity contribution in [2.24, 2.45) is 0 Å². The second kappa shape index (κ2) is 7.90. The fourth-order valence-corrected chi connectivity index (χ4v) is 4.04. The molecule has 3 aromatic rings. The zero-order valence-electron chi connectivity index (χ0n) is 17.5. The Hall–Kier alpha value is -3.47. The van der Waals surface area contributed by atoms with Crippen molar-refractivity contribution in [1.82, 2.24) is 24.5 Å². The fourth-order valence-electron chi connectivity index (χ4n) is 4.04. The molecule has 10 nitrogen and oxygen atoms in total. The van der Waals surface area contributed by atoms with E-state index in [0.29, 0.717) is 42.2 Å². The highest BCUT2D eigenvalue weighted by atomic mass is 19.1. The highest BCUT2D eigenvalue weighted by molar-refractivity contribution is 6.00. The van der Waals surface area contributed by atoms with Gasteiger partial charge in [0.2, 0.25) is 0 Å². The Kier molecular flexibility index (Phi) is 5.04. The zero-order chi connectivity index (χ0) is 22.4. The number of amides is 1. The number of hydrogen-bond donors (Lipinski definition) is 4. The summed E-state index contributed by atoms with van der Waals surface area (Å²) in [6.45, 7) is 0. The number of aliphatic hydroxyl groups is 1. The summed E-state index contributed by atoms with van der Waals surface area (Å²) >= 11 is 0. The van der Waals surface area contributed by atoms with Crippen molar-refractivity contribution in [3.05, 3.63) is 46.5 Å². The maximum atomic E-state index is 13.3. The SMILES string of the molecule is CNc1cc(Nc2cccn(C3CC(F)C3)c2=O)nc2c(C(=O)N[C@@H]3CC[C@H]3O)cnn12. The monoisotopic (exact) mass is 441 g/mol. The van der Waals surface area contributed by atoms with E-state index in [-0.39, 0.29) is 29.1 Å². The van der Waals surface area contributed by atoms with Crippen LogP contribution in [0.15, 0.2) is 35.4 Å². The molecule has 0 spiro atoms. The lowest BCUT2D eigenvalue weighted by Crippen LogP contribution is -2.50. The van der Waals surface area contributed by atoms with Gasteiger partial charge >= 0.3 is 0 Å². The average Bonchev–Trinajstić information content (AvgIpc) is 3.19. The highest BCUT2D eigenvalue weighted by Crippen LogP contribution is 2.33. The molecule has 5 rings (SSSR count). The average molecular weight is 441 g/mol. The van der Waals surface area contributed by atoms with Gasteiger partial charge in [0.15, 0.2) is 5.65 Å². The number of aromatic nitrogens is 4. The van der Waals surface area contributed by atoms with Crippen LogP contribution in [-0.4, -0.2) is 55.5 Å². The lowest BCUT2D eigenvalue weighted by atomic mass is 9.89. The van der Waals surface area contributed by atoms with Gasteiger partial charge in [-0.1, -0.05) is 0 Å². The third kappa shape index (κ3) is 3.48. The van der Waals surface area contributed by atoms with E-state index < -0.39 is 12.3 Å². The summed E-state index contributed by atoms with van der Waals surface area (Å²) in [5.41, 5.74) is 0.610. The van der Waals surface area contributed by atoms with E-state index in [1.165, 1.54) is 15.3 Å². The first-order valence-electron chi connectivity index (χ1n) is 10.6. The number of carbonyl (C=O) groups is 1. The number of nitrogens with zero attached hydrogens (tertiary/aromatic N) is 4. The van der Waals surface area contributed by atoms with Gasteiger partial charge in [0.25, 0.3) is 11.5 Å². The number of aliphatic hydroxyl groups excluding tert-OH is 1. The molecule has 2 saturated carbocycles. The molecule has 0 unspecified atom stereocenters. The van der Waals surface area contributed by atoms with Crippen LogP contribution in [-0.2, 0) is 0 Å². The number of halogens is 1. The van der Waals surface area contributed by atoms with Gasteiger partial charge in [-0.15, -0.1) is 0 Å². The van der Waals surface area contributed by atoms with Gasteiger partial charge in [0.1, 0.15) is 29.1 Å². The minimum atomic E-state index is -0.863. The van der Waals surface area contributed by atoms with Crippen LogP contribution in [0.3, 0.4) is 0 Å². The summed E-state index contributed by atoms with van der Waals surface area (Å²) in [5.74, 6) is 0.547. The van der Waals surface area contributed by atoms with Crippen LogP contribution in [0, 0.1) is 0 Å². The van der Waals surface area contributed by atoms with Crippen LogP contribution in [0.5, 0.6) is 0 Å². The van der Waals surface area contributed by atoms with Crippen molar-refractivity contribution in [3.8, 4) is 0 Å². The molecule has 0 bridgehead atoms. The van der Waals surface area contributed by atoms with E-state index in [1.54, 1.807) is 31.4 Å². The molecule has 3 heterocycles. The normalized spacial score (nSPS) is 24.5. The zero-order valence-corrected chi connectivity index (χ0v) is 17.5. The van der Waals surface area contributed by atoms with Gasteiger partial charge in [-0.2, -0.15) is 9.61 Å². The Morgan fingerprint density at radius 1 is 1.31 bits per heavy atom. The predicted molar refractivity (Wildman–Crippen MR) is 116 cm³/mol. The molecule has 168 valence electrons. The number of fused-ring (bicyclic) bond motifs is 1. The van der Waals surface area contributed by atoms with E-state index in [4.69, 9.17) is 0 Å². The standard InChI is InChI=1S/C21H24FN7O3/c1-23-18-9-17(25-15-3-2-6-28(21(15)32)12-7-11(22)8-12)27-19-13(10-24-29(18)19)20(31)26-14-4-5-16(14)30/h2-3,6,9-12,14,16,23,30H,4-5,7-8H2,1H3,(H,25,27)(H,26,31)/t11?,12?,14-,16-/m1/s1. The summed E-state index contributed by atoms with van der Waals surface area (Å²) in [7, 11) is 1.71. The molecule has 2 fully saturated rings. The van der Waals surface area contributed by atoms with Gasteiger partial charge in [-0.05, 0) is 37.8 Å². The minimum Gasteiger partial charge on any atom is -0.391 e. The Bertz CT molecular complexity index is 1230. The van der Waals surface area contributed by atoms with Gasteiger partial charge in [-0.3, -0.25) is 9.59 Å². The molecular weight excluding hydrogens is 417 g/mol. The largest absolute Gasteiger partial charge is 0.391 e. The first-order valence-corrected chi connectivity index (χ1v) is 10.6. The van der Waals surface area contributed by atoms with Crippen LogP contribution < -0.4 is 21.5 Å². The third-order valence-corrected chi connectivity index (χ3v) is 6.21. The van der Waals surface area contributed by atoms with E-state index >= 15 is 0 Å². The second-order valence-electron chi connectivity index (χ2n) is 8.28. The lowest BCUT2D eigenvalue weighted by molar-refractivity contribution is 0.0448. The van der Waals surface area contributed by atoms with Crippen LogP contribution >= 0.6 is 0 Å². The van der Waals surface area contributed by atoms with Crippen LogP contribution in [0.25, 0.3) is 5.65 Å². The summed E-state index contributed by atoms with van der Waals surface area (Å²) < 4.78 is 16.3. The molecule has 11 heteroatoms. The Labute approximate surface area is 182 Å². The molecule has 2 atom stereocenters. The van der Waals surface area contributed by atoms with Gasteiger partial charge in [-0.25, -0.2) is 9.37 Å². The van der Waals surface area contributed by atoms with Gasteiger partial charge in [0, 0.05) is 25.4 Å². The topological polar surface area (TPSA) is 126 Å². The highest BCUT2D eigenvalue weighted by Gasteiger charge is 2.32. The van der Waals surface area contributed by atoms with Crippen molar-refractivity contribution in [2.75, 3.05) is 17.7 Å². The predicted octanol–water partition coefficient (Wildman–Crippen LogP) is 1.60. The van der Waals surface area contributed by atoms with Crippen molar-refractivity contribution < 1.29 is 14.3 Å². The van der Waals surface area contributed by atoms with E-state index in [1.807, 2.05) is 0 Å². The number of pyridine rings is 1. The van der Waals surface area contributed by atoms with Crippen molar-refractivity contribution in [3.63, 3.8) is 0 Å². The smallest absolute Gasteiger partial charge is 0.274 e. The molecular formula is C21H24FN7O3. The van der Waals surface area contributed by atoms with Crippen molar-refractivity contribution >= 4 is 28.9 Å². The van der Waals surface area contributed by atoms with Gasteiger partial charge in [0.05, 0.1) is 18.3 Å². The summed E-state index contributed by atoms with van der Waals surface area (Å²) in [6, 6.07) is 4.62. The first-order chi connectivity index (χ1) is 15.4. The molecule has 3 aromatic heterocycles. The van der Waals surface area contributed by atoms with Crippen molar-refractivity contribution in [2.45, 2.75) is 50.0 Å². The lowest BCUT2D eigenvalue weighted by Gasteiger charge is -2.32. The van der Waals surface area contributed by atoms with E-state index in [9.17, 15) is 19.1 Å². The number of nitrogens with one attached hydrogen (secondary N) is 3. The molecule has 0 radical (unpaired) electrons. The maximum Gasteiger partial charge on any atom is 0.274 e. The van der Waals surface area contributed by atoms with Crippen LogP contribution in [0.1, 0.15) is 42.1 Å². The molecule has 0 saturated heterocycles. The molecule has 0 aromatic carbocycles. The molecule has 2 aliphatic carbocycles. The van der Waals surface area contributed by atoms with Crippen molar-refractivity contribution in [1.29, 1.82) is 0 Å². The summed E-state index contributed by atoms with van der Waals surface area (Å²) in [6.07, 6.45) is 3.74. The Morgan fingerprint density at radius 3 is 2.78 bits per heavy atom. The second-order valence-corrected chi connectivity index (χ2v) is 8.28. The number of hydrogen-bond acceptors (Lipinski definition) is 7. The molecule has 2 aliphatic rings. The van der Waals surface area contributed by atoms with E-state index in [0.717, 1.165) is 6.42 Å². The minimum absolute atomic E-state index is 0.144. The van der Waals surface area contributed by atoms with E-state index in [2.05, 4.69) is 26.0 Å². The summed E-state index contributed by atoms with van der Waals surface area (Å²) in [5, 5.41) is 22.9. The Balaban J connectivity index is 1.46. The number of anilines is 3. The van der Waals surface area contributed by atoms with Crippen LogP contribution in [0.4, 0.5) is 21.7 Å². The molecule has 4 N–H and O–H groups in total. The number of carbonyl (C=O) groups excluding carboxylic acids is 1. The quantitative estimate of drug-likeness (QED) is 0.458.